The van der Waals surface area contributed by atoms with Crippen molar-refractivity contribution in [1.29, 1.82) is 0 Å². The van der Waals surface area contributed by atoms with Gasteiger partial charge in [0.15, 0.2) is 0 Å². The Hall–Kier alpha value is -1.49. The Labute approximate surface area is 106 Å². The number of rotatable bonds is 6. The molecule has 1 rings (SSSR count). The summed E-state index contributed by atoms with van der Waals surface area (Å²) in [7, 11) is 3.96. The Kier molecular flexibility index (Phi) is 5.71. The van der Waals surface area contributed by atoms with Crippen LogP contribution in [-0.4, -0.2) is 38.0 Å². The van der Waals surface area contributed by atoms with Crippen molar-refractivity contribution in [3.63, 3.8) is 0 Å². The summed E-state index contributed by atoms with van der Waals surface area (Å²) in [4.78, 5) is 13.7. The maximum absolute atomic E-state index is 12.9. The quantitative estimate of drug-likeness (QED) is 0.790. The molecule has 100 valence electrons. The average molecular weight is 256 g/mol. The van der Waals surface area contributed by atoms with Crippen molar-refractivity contribution in [3.05, 3.63) is 35.4 Å². The molecule has 0 aliphatic carbocycles. The maximum atomic E-state index is 12.9. The highest BCUT2D eigenvalue weighted by Crippen LogP contribution is 2.07. The van der Waals surface area contributed by atoms with E-state index in [-0.39, 0.29) is 5.56 Å². The lowest BCUT2D eigenvalue weighted by Crippen LogP contribution is -2.25. The monoisotopic (exact) mass is 256 g/mol. The van der Waals surface area contributed by atoms with E-state index in [0.717, 1.165) is 37.6 Å². The molecule has 1 aromatic carbocycles. The molecule has 0 aromatic heterocycles. The summed E-state index contributed by atoms with van der Waals surface area (Å²) in [6, 6.07) is 2.80. The first-order valence-corrected chi connectivity index (χ1v) is 5.88. The molecule has 1 amide bonds. The van der Waals surface area contributed by atoms with Crippen LogP contribution >= 0.6 is 0 Å². The van der Waals surface area contributed by atoms with Crippen molar-refractivity contribution in [2.24, 2.45) is 0 Å². The molecule has 0 fully saturated rings. The Bertz CT molecular complexity index is 388. The van der Waals surface area contributed by atoms with Crippen LogP contribution in [-0.2, 0) is 0 Å². The van der Waals surface area contributed by atoms with E-state index in [0.29, 0.717) is 6.54 Å². The first-order valence-electron chi connectivity index (χ1n) is 5.88. The standard InChI is InChI=1S/C13H18F2N2O/c1-17(2)6-4-3-5-16-13(18)10-7-11(14)9-12(15)8-10/h7-9H,3-6H2,1-2H3,(H,16,18). The Morgan fingerprint density at radius 3 is 2.33 bits per heavy atom. The van der Waals surface area contributed by atoms with Gasteiger partial charge in [0.1, 0.15) is 11.6 Å². The van der Waals surface area contributed by atoms with Crippen molar-refractivity contribution < 1.29 is 13.6 Å². The van der Waals surface area contributed by atoms with Gasteiger partial charge >= 0.3 is 0 Å². The number of carbonyl (C=O) groups is 1. The van der Waals surface area contributed by atoms with E-state index >= 15 is 0 Å². The van der Waals surface area contributed by atoms with Crippen LogP contribution in [0.4, 0.5) is 8.78 Å². The van der Waals surface area contributed by atoms with Gasteiger partial charge in [-0.1, -0.05) is 0 Å². The molecule has 0 bridgehead atoms. The second kappa shape index (κ2) is 7.06. The minimum atomic E-state index is -0.743. The number of amides is 1. The molecule has 0 heterocycles. The van der Waals surface area contributed by atoms with Crippen LogP contribution in [0.1, 0.15) is 23.2 Å². The number of hydrogen-bond donors (Lipinski definition) is 1. The van der Waals surface area contributed by atoms with Crippen LogP contribution in [0.15, 0.2) is 18.2 Å². The van der Waals surface area contributed by atoms with E-state index in [1.807, 2.05) is 14.1 Å². The summed E-state index contributed by atoms with van der Waals surface area (Å²) in [5.74, 6) is -1.93. The molecule has 0 spiro atoms. The van der Waals surface area contributed by atoms with Crippen LogP contribution in [0, 0.1) is 11.6 Å². The number of carbonyl (C=O) groups excluding carboxylic acids is 1. The summed E-state index contributed by atoms with van der Waals surface area (Å²) >= 11 is 0. The molecular formula is C13H18F2N2O. The molecule has 1 aromatic rings. The van der Waals surface area contributed by atoms with Gasteiger partial charge < -0.3 is 10.2 Å². The third-order valence-corrected chi connectivity index (χ3v) is 2.44. The average Bonchev–Trinajstić information content (AvgIpc) is 2.26. The Morgan fingerprint density at radius 1 is 1.17 bits per heavy atom. The van der Waals surface area contributed by atoms with Gasteiger partial charge in [0.2, 0.25) is 0 Å². The van der Waals surface area contributed by atoms with Gasteiger partial charge in [-0.3, -0.25) is 4.79 Å². The highest BCUT2D eigenvalue weighted by atomic mass is 19.1. The second-order valence-electron chi connectivity index (χ2n) is 4.42. The maximum Gasteiger partial charge on any atom is 0.251 e. The van der Waals surface area contributed by atoms with E-state index in [2.05, 4.69) is 10.2 Å². The van der Waals surface area contributed by atoms with E-state index in [1.165, 1.54) is 0 Å². The fraction of sp³-hybridized carbons (Fsp3) is 0.462. The first-order chi connectivity index (χ1) is 8.49. The van der Waals surface area contributed by atoms with Crippen LogP contribution in [0.2, 0.25) is 0 Å². The fourth-order valence-electron chi connectivity index (χ4n) is 1.54. The lowest BCUT2D eigenvalue weighted by Gasteiger charge is -2.09. The molecule has 18 heavy (non-hydrogen) atoms. The molecule has 0 aliphatic heterocycles. The van der Waals surface area contributed by atoms with Gasteiger partial charge in [-0.05, 0) is 45.6 Å². The fourth-order valence-corrected chi connectivity index (χ4v) is 1.54. The zero-order valence-corrected chi connectivity index (χ0v) is 10.7. The van der Waals surface area contributed by atoms with Crippen molar-refractivity contribution in [2.45, 2.75) is 12.8 Å². The van der Waals surface area contributed by atoms with Crippen LogP contribution in [0.3, 0.4) is 0 Å². The third-order valence-electron chi connectivity index (χ3n) is 2.44. The van der Waals surface area contributed by atoms with Crippen molar-refractivity contribution >= 4 is 5.91 Å². The van der Waals surface area contributed by atoms with Crippen LogP contribution in [0.25, 0.3) is 0 Å². The van der Waals surface area contributed by atoms with Gasteiger partial charge in [0, 0.05) is 18.2 Å². The number of hydrogen-bond acceptors (Lipinski definition) is 2. The number of nitrogens with one attached hydrogen (secondary N) is 1. The lowest BCUT2D eigenvalue weighted by atomic mass is 10.2. The number of benzene rings is 1. The summed E-state index contributed by atoms with van der Waals surface area (Å²) in [6.07, 6.45) is 1.80. The third kappa shape index (κ3) is 5.23. The largest absolute Gasteiger partial charge is 0.352 e. The summed E-state index contributed by atoms with van der Waals surface area (Å²) in [5, 5.41) is 2.64. The van der Waals surface area contributed by atoms with Crippen LogP contribution < -0.4 is 5.32 Å². The van der Waals surface area contributed by atoms with Crippen LogP contribution in [0.5, 0.6) is 0 Å². The SMILES string of the molecule is CN(C)CCCCNC(=O)c1cc(F)cc(F)c1. The molecule has 1 N–H and O–H groups in total. The molecule has 5 heteroatoms. The molecule has 0 aliphatic rings. The van der Waals surface area contributed by atoms with E-state index < -0.39 is 17.5 Å². The molecule has 0 saturated carbocycles. The molecule has 3 nitrogen and oxygen atoms in total. The summed E-state index contributed by atoms with van der Waals surface area (Å²) in [6.45, 7) is 1.45. The molecule has 0 saturated heterocycles. The zero-order chi connectivity index (χ0) is 13.5. The summed E-state index contributed by atoms with van der Waals surface area (Å²) < 4.78 is 25.8. The first kappa shape index (κ1) is 14.6. The summed E-state index contributed by atoms with van der Waals surface area (Å²) in [5.41, 5.74) is 0.0140. The number of halogens is 2. The van der Waals surface area contributed by atoms with Crippen molar-refractivity contribution in [3.8, 4) is 0 Å². The predicted molar refractivity (Wildman–Crippen MR) is 66.5 cm³/mol. The topological polar surface area (TPSA) is 32.3 Å². The smallest absolute Gasteiger partial charge is 0.251 e. The number of unbranched alkanes of at least 4 members (excludes halogenated alkanes) is 1. The zero-order valence-electron chi connectivity index (χ0n) is 10.7. The normalized spacial score (nSPS) is 10.7. The van der Waals surface area contributed by atoms with Gasteiger partial charge in [0.05, 0.1) is 0 Å². The van der Waals surface area contributed by atoms with Gasteiger partial charge in [-0.25, -0.2) is 8.78 Å². The Morgan fingerprint density at radius 2 is 1.78 bits per heavy atom. The minimum absolute atomic E-state index is 0.0140. The van der Waals surface area contributed by atoms with Gasteiger partial charge in [0.25, 0.3) is 5.91 Å². The molecular weight excluding hydrogens is 238 g/mol. The molecule has 0 atom stereocenters. The van der Waals surface area contributed by atoms with Crippen molar-refractivity contribution in [2.75, 3.05) is 27.2 Å². The molecule has 0 unspecified atom stereocenters. The Balaban J connectivity index is 2.36. The highest BCUT2D eigenvalue weighted by Gasteiger charge is 2.08. The van der Waals surface area contributed by atoms with Gasteiger partial charge in [-0.15, -0.1) is 0 Å². The van der Waals surface area contributed by atoms with E-state index in [9.17, 15) is 13.6 Å². The number of nitrogens with zero attached hydrogens (tertiary/aromatic N) is 1. The predicted octanol–water partition coefficient (Wildman–Crippen LogP) is 2.04. The lowest BCUT2D eigenvalue weighted by molar-refractivity contribution is 0.0952. The van der Waals surface area contributed by atoms with E-state index in [4.69, 9.17) is 0 Å². The highest BCUT2D eigenvalue weighted by molar-refractivity contribution is 5.94. The second-order valence-corrected chi connectivity index (χ2v) is 4.42. The molecule has 0 radical (unpaired) electrons. The minimum Gasteiger partial charge on any atom is -0.352 e. The van der Waals surface area contributed by atoms with Crippen molar-refractivity contribution in [1.82, 2.24) is 10.2 Å². The van der Waals surface area contributed by atoms with Gasteiger partial charge in [-0.2, -0.15) is 0 Å². The van der Waals surface area contributed by atoms with E-state index in [1.54, 1.807) is 0 Å².